The maximum absolute atomic E-state index is 5.74. The first kappa shape index (κ1) is 13.9. The van der Waals surface area contributed by atoms with Gasteiger partial charge in [-0.05, 0) is 57.2 Å². The Bertz CT molecular complexity index is 574. The summed E-state index contributed by atoms with van der Waals surface area (Å²) in [5.74, 6) is 1.93. The van der Waals surface area contributed by atoms with Crippen molar-refractivity contribution >= 4 is 11.7 Å². The quantitative estimate of drug-likeness (QED) is 0.933. The predicted molar refractivity (Wildman–Crippen MR) is 80.0 cm³/mol. The van der Waals surface area contributed by atoms with Crippen LogP contribution in [0.25, 0.3) is 0 Å². The second kappa shape index (κ2) is 6.13. The van der Waals surface area contributed by atoms with Gasteiger partial charge in [-0.15, -0.1) is 5.10 Å². The Balaban J connectivity index is 1.64. The van der Waals surface area contributed by atoms with Crippen LogP contribution in [0.5, 0.6) is 5.75 Å². The molecule has 1 saturated heterocycles. The Morgan fingerprint density at radius 1 is 1.19 bits per heavy atom. The first-order chi connectivity index (χ1) is 10.2. The second-order valence-electron chi connectivity index (χ2n) is 5.38. The van der Waals surface area contributed by atoms with Crippen LogP contribution in [0.1, 0.15) is 24.7 Å². The first-order valence-electron chi connectivity index (χ1n) is 7.17. The maximum atomic E-state index is 5.74. The van der Waals surface area contributed by atoms with Gasteiger partial charge in [0.1, 0.15) is 5.75 Å². The number of benzene rings is 1. The molecule has 6 heteroatoms. The Morgan fingerprint density at radius 2 is 1.90 bits per heavy atom. The minimum absolute atomic E-state index is 0.375. The predicted octanol–water partition coefficient (Wildman–Crippen LogP) is 2.63. The molecule has 0 spiro atoms. The van der Waals surface area contributed by atoms with E-state index < -0.39 is 0 Å². The average molecular weight is 288 g/mol. The molecule has 0 radical (unpaired) electrons. The van der Waals surface area contributed by atoms with Crippen molar-refractivity contribution in [3.8, 4) is 5.75 Å². The lowest BCUT2D eigenvalue weighted by Gasteiger charge is -2.26. The van der Waals surface area contributed by atoms with Crippen LogP contribution in [0.4, 0.5) is 11.7 Å². The fraction of sp³-hybridized carbons (Fsp3) is 0.467. The van der Waals surface area contributed by atoms with Crippen LogP contribution in [0.15, 0.2) is 28.7 Å². The Morgan fingerprint density at radius 3 is 2.57 bits per heavy atom. The summed E-state index contributed by atoms with van der Waals surface area (Å²) in [6.07, 6.45) is 2.14. The lowest BCUT2D eigenvalue weighted by molar-refractivity contribution is 0.238. The number of piperidine rings is 1. The third-order valence-electron chi connectivity index (χ3n) is 3.85. The SMILES string of the molecule is COc1ccc(Nc2nnc(C3CCN(C)CC3)o2)cc1. The van der Waals surface area contributed by atoms with E-state index in [-0.39, 0.29) is 0 Å². The topological polar surface area (TPSA) is 63.4 Å². The van der Waals surface area contributed by atoms with Gasteiger partial charge in [0.2, 0.25) is 5.89 Å². The molecule has 0 bridgehead atoms. The number of likely N-dealkylation sites (tertiary alicyclic amines) is 1. The van der Waals surface area contributed by atoms with Crippen LogP contribution >= 0.6 is 0 Å². The van der Waals surface area contributed by atoms with Crippen molar-refractivity contribution in [2.24, 2.45) is 0 Å². The standard InChI is InChI=1S/C15H20N4O2/c1-19-9-7-11(8-10-19)14-17-18-15(21-14)16-12-3-5-13(20-2)6-4-12/h3-6,11H,7-10H2,1-2H3,(H,16,18). The van der Waals surface area contributed by atoms with Gasteiger partial charge in [0.15, 0.2) is 0 Å². The monoisotopic (exact) mass is 288 g/mol. The summed E-state index contributed by atoms with van der Waals surface area (Å²) in [7, 11) is 3.79. The molecule has 3 rings (SSSR count). The average Bonchev–Trinajstić information content (AvgIpc) is 2.97. The number of nitrogens with one attached hydrogen (secondary N) is 1. The van der Waals surface area contributed by atoms with Gasteiger partial charge in [-0.3, -0.25) is 0 Å². The summed E-state index contributed by atoms with van der Waals surface area (Å²) in [5.41, 5.74) is 0.898. The lowest BCUT2D eigenvalue weighted by atomic mass is 9.97. The molecule has 1 N–H and O–H groups in total. The molecule has 21 heavy (non-hydrogen) atoms. The minimum atomic E-state index is 0.375. The Labute approximate surface area is 124 Å². The number of hydrogen-bond acceptors (Lipinski definition) is 6. The summed E-state index contributed by atoms with van der Waals surface area (Å²) in [6.45, 7) is 2.16. The number of ether oxygens (including phenoxy) is 1. The molecule has 6 nitrogen and oxygen atoms in total. The van der Waals surface area contributed by atoms with Crippen LogP contribution in [0.3, 0.4) is 0 Å². The normalized spacial score (nSPS) is 16.9. The molecule has 2 heterocycles. The summed E-state index contributed by atoms with van der Waals surface area (Å²) in [5, 5.41) is 11.4. The molecule has 1 aromatic heterocycles. The van der Waals surface area contributed by atoms with E-state index in [0.29, 0.717) is 11.9 Å². The van der Waals surface area contributed by atoms with E-state index in [4.69, 9.17) is 9.15 Å². The van der Waals surface area contributed by atoms with Gasteiger partial charge < -0.3 is 19.4 Å². The van der Waals surface area contributed by atoms with Crippen molar-refractivity contribution < 1.29 is 9.15 Å². The van der Waals surface area contributed by atoms with Crippen molar-refractivity contribution in [1.82, 2.24) is 15.1 Å². The van der Waals surface area contributed by atoms with E-state index in [1.807, 2.05) is 24.3 Å². The highest BCUT2D eigenvalue weighted by Crippen LogP contribution is 2.28. The van der Waals surface area contributed by atoms with Crippen molar-refractivity contribution in [3.05, 3.63) is 30.2 Å². The zero-order valence-electron chi connectivity index (χ0n) is 12.4. The molecule has 1 aliphatic rings. The molecule has 2 aromatic rings. The smallest absolute Gasteiger partial charge is 0.320 e. The zero-order chi connectivity index (χ0) is 14.7. The highest BCUT2D eigenvalue weighted by atomic mass is 16.5. The minimum Gasteiger partial charge on any atom is -0.497 e. The van der Waals surface area contributed by atoms with Gasteiger partial charge >= 0.3 is 6.01 Å². The van der Waals surface area contributed by atoms with Crippen LogP contribution in [0, 0.1) is 0 Å². The van der Waals surface area contributed by atoms with Crippen LogP contribution in [0.2, 0.25) is 0 Å². The fourth-order valence-corrected chi connectivity index (χ4v) is 2.50. The van der Waals surface area contributed by atoms with Gasteiger partial charge in [-0.25, -0.2) is 0 Å². The zero-order valence-corrected chi connectivity index (χ0v) is 12.4. The molecule has 0 unspecified atom stereocenters. The summed E-state index contributed by atoms with van der Waals surface area (Å²) >= 11 is 0. The second-order valence-corrected chi connectivity index (χ2v) is 5.38. The van der Waals surface area contributed by atoms with E-state index in [1.54, 1.807) is 7.11 Å². The number of aromatic nitrogens is 2. The fourth-order valence-electron chi connectivity index (χ4n) is 2.50. The summed E-state index contributed by atoms with van der Waals surface area (Å²) < 4.78 is 10.9. The van der Waals surface area contributed by atoms with Crippen LogP contribution < -0.4 is 10.1 Å². The summed E-state index contributed by atoms with van der Waals surface area (Å²) in [6, 6.07) is 8.04. The Hall–Kier alpha value is -2.08. The largest absolute Gasteiger partial charge is 0.497 e. The highest BCUT2D eigenvalue weighted by molar-refractivity contribution is 5.53. The third-order valence-corrected chi connectivity index (χ3v) is 3.85. The molecule has 0 saturated carbocycles. The van der Waals surface area contributed by atoms with Gasteiger partial charge in [0, 0.05) is 11.6 Å². The molecule has 0 aliphatic carbocycles. The molecule has 1 aliphatic heterocycles. The van der Waals surface area contributed by atoms with Crippen molar-refractivity contribution in [2.75, 3.05) is 32.6 Å². The molecule has 1 aromatic carbocycles. The molecular formula is C15H20N4O2. The molecular weight excluding hydrogens is 268 g/mol. The van der Waals surface area contributed by atoms with E-state index in [1.165, 1.54) is 0 Å². The van der Waals surface area contributed by atoms with Crippen LogP contribution in [-0.4, -0.2) is 42.3 Å². The molecule has 0 atom stereocenters. The molecule has 0 amide bonds. The lowest BCUT2D eigenvalue weighted by Crippen LogP contribution is -2.29. The number of methoxy groups -OCH3 is 1. The molecule has 1 fully saturated rings. The van der Waals surface area contributed by atoms with Gasteiger partial charge in [-0.2, -0.15) is 0 Å². The van der Waals surface area contributed by atoms with Crippen molar-refractivity contribution in [3.63, 3.8) is 0 Å². The summed E-state index contributed by atoms with van der Waals surface area (Å²) in [4.78, 5) is 2.32. The molecule has 112 valence electrons. The van der Waals surface area contributed by atoms with Gasteiger partial charge in [0.25, 0.3) is 0 Å². The number of hydrogen-bond donors (Lipinski definition) is 1. The number of rotatable bonds is 4. The highest BCUT2D eigenvalue weighted by Gasteiger charge is 2.23. The van der Waals surface area contributed by atoms with E-state index in [2.05, 4.69) is 27.5 Å². The van der Waals surface area contributed by atoms with E-state index in [9.17, 15) is 0 Å². The van der Waals surface area contributed by atoms with E-state index >= 15 is 0 Å². The maximum Gasteiger partial charge on any atom is 0.320 e. The van der Waals surface area contributed by atoms with Crippen LogP contribution in [-0.2, 0) is 0 Å². The number of anilines is 2. The first-order valence-corrected chi connectivity index (χ1v) is 7.17. The van der Waals surface area contributed by atoms with Gasteiger partial charge in [0.05, 0.1) is 7.11 Å². The van der Waals surface area contributed by atoms with Crippen molar-refractivity contribution in [1.29, 1.82) is 0 Å². The van der Waals surface area contributed by atoms with E-state index in [0.717, 1.165) is 43.3 Å². The number of nitrogens with zero attached hydrogens (tertiary/aromatic N) is 3. The van der Waals surface area contributed by atoms with Gasteiger partial charge in [-0.1, -0.05) is 5.10 Å². The Kier molecular flexibility index (Phi) is 4.06. The van der Waals surface area contributed by atoms with Crippen molar-refractivity contribution in [2.45, 2.75) is 18.8 Å². The third kappa shape index (κ3) is 3.33.